The molecular weight excluding hydrogens is 202 g/mol. The van der Waals surface area contributed by atoms with Crippen molar-refractivity contribution in [3.63, 3.8) is 0 Å². The van der Waals surface area contributed by atoms with Crippen LogP contribution in [0.15, 0.2) is 43.0 Å². The Bertz CT molecular complexity index is 445. The first-order valence-electron chi connectivity index (χ1n) is 5.10. The molecule has 0 saturated heterocycles. The SMILES string of the molecule is NCCc1cccc(Oc2cncnc2)c1. The number of nitrogens with zero attached hydrogens (tertiary/aromatic N) is 2. The Balaban J connectivity index is 2.12. The highest BCUT2D eigenvalue weighted by Crippen LogP contribution is 2.20. The summed E-state index contributed by atoms with van der Waals surface area (Å²) in [5, 5.41) is 0. The van der Waals surface area contributed by atoms with Crippen molar-refractivity contribution in [1.82, 2.24) is 9.97 Å². The predicted molar refractivity (Wildman–Crippen MR) is 61.3 cm³/mol. The molecule has 2 rings (SSSR count). The number of hydrogen-bond acceptors (Lipinski definition) is 4. The summed E-state index contributed by atoms with van der Waals surface area (Å²) in [4.78, 5) is 7.77. The average Bonchev–Trinajstić information content (AvgIpc) is 2.31. The third-order valence-corrected chi connectivity index (χ3v) is 2.10. The van der Waals surface area contributed by atoms with Crippen molar-refractivity contribution in [3.05, 3.63) is 48.5 Å². The van der Waals surface area contributed by atoms with E-state index < -0.39 is 0 Å². The molecule has 0 spiro atoms. The lowest BCUT2D eigenvalue weighted by atomic mass is 10.1. The van der Waals surface area contributed by atoms with Crippen LogP contribution in [0.5, 0.6) is 11.5 Å². The lowest BCUT2D eigenvalue weighted by Crippen LogP contribution is -2.02. The van der Waals surface area contributed by atoms with Crippen LogP contribution in [0.1, 0.15) is 5.56 Å². The molecular formula is C12H13N3O. The molecule has 1 aromatic heterocycles. The summed E-state index contributed by atoms with van der Waals surface area (Å²) < 4.78 is 5.60. The van der Waals surface area contributed by atoms with Crippen molar-refractivity contribution in [3.8, 4) is 11.5 Å². The third kappa shape index (κ3) is 2.77. The number of hydrogen-bond donors (Lipinski definition) is 1. The zero-order valence-corrected chi connectivity index (χ0v) is 8.84. The van der Waals surface area contributed by atoms with Gasteiger partial charge in [0.1, 0.15) is 12.1 Å². The molecule has 1 aromatic carbocycles. The van der Waals surface area contributed by atoms with Crippen LogP contribution in [0, 0.1) is 0 Å². The van der Waals surface area contributed by atoms with Crippen LogP contribution in [-0.4, -0.2) is 16.5 Å². The fourth-order valence-corrected chi connectivity index (χ4v) is 1.41. The van der Waals surface area contributed by atoms with Gasteiger partial charge in [-0.3, -0.25) is 0 Å². The Morgan fingerprint density at radius 3 is 2.69 bits per heavy atom. The lowest BCUT2D eigenvalue weighted by Gasteiger charge is -2.06. The van der Waals surface area contributed by atoms with E-state index >= 15 is 0 Å². The van der Waals surface area contributed by atoms with Crippen LogP contribution in [0.4, 0.5) is 0 Å². The van der Waals surface area contributed by atoms with Crippen LogP contribution >= 0.6 is 0 Å². The second-order valence-electron chi connectivity index (χ2n) is 3.36. The fourth-order valence-electron chi connectivity index (χ4n) is 1.41. The van der Waals surface area contributed by atoms with E-state index in [0.29, 0.717) is 12.3 Å². The summed E-state index contributed by atoms with van der Waals surface area (Å²) in [7, 11) is 0. The average molecular weight is 215 g/mol. The molecule has 0 bridgehead atoms. The van der Waals surface area contributed by atoms with Gasteiger partial charge >= 0.3 is 0 Å². The van der Waals surface area contributed by atoms with Gasteiger partial charge in [0.2, 0.25) is 0 Å². The second-order valence-corrected chi connectivity index (χ2v) is 3.36. The monoisotopic (exact) mass is 215 g/mol. The number of nitrogens with two attached hydrogens (primary N) is 1. The number of ether oxygens (including phenoxy) is 1. The van der Waals surface area contributed by atoms with Gasteiger partial charge in [-0.25, -0.2) is 9.97 Å². The Hall–Kier alpha value is -1.94. The van der Waals surface area contributed by atoms with Crippen molar-refractivity contribution in [1.29, 1.82) is 0 Å². The van der Waals surface area contributed by atoms with E-state index in [2.05, 4.69) is 9.97 Å². The van der Waals surface area contributed by atoms with Gasteiger partial charge in [0.25, 0.3) is 0 Å². The summed E-state index contributed by atoms with van der Waals surface area (Å²) >= 11 is 0. The smallest absolute Gasteiger partial charge is 0.163 e. The lowest BCUT2D eigenvalue weighted by molar-refractivity contribution is 0.476. The van der Waals surface area contributed by atoms with Crippen LogP contribution in [-0.2, 0) is 6.42 Å². The van der Waals surface area contributed by atoms with E-state index in [4.69, 9.17) is 10.5 Å². The minimum Gasteiger partial charge on any atom is -0.454 e. The Labute approximate surface area is 94.1 Å². The van der Waals surface area contributed by atoms with E-state index in [-0.39, 0.29) is 0 Å². The van der Waals surface area contributed by atoms with E-state index in [9.17, 15) is 0 Å². The van der Waals surface area contributed by atoms with Gasteiger partial charge in [0.05, 0.1) is 12.4 Å². The molecule has 0 aliphatic rings. The van der Waals surface area contributed by atoms with Gasteiger partial charge in [-0.05, 0) is 30.7 Å². The minimum atomic E-state index is 0.632. The van der Waals surface area contributed by atoms with Crippen LogP contribution < -0.4 is 10.5 Å². The van der Waals surface area contributed by atoms with Gasteiger partial charge in [0.15, 0.2) is 5.75 Å². The highest BCUT2D eigenvalue weighted by Gasteiger charge is 1.98. The van der Waals surface area contributed by atoms with Crippen molar-refractivity contribution in [2.24, 2.45) is 5.73 Å². The molecule has 0 amide bonds. The molecule has 0 saturated carbocycles. The van der Waals surface area contributed by atoms with Crippen LogP contribution in [0.25, 0.3) is 0 Å². The molecule has 82 valence electrons. The second kappa shape index (κ2) is 5.23. The molecule has 2 aromatic rings. The zero-order valence-electron chi connectivity index (χ0n) is 8.84. The van der Waals surface area contributed by atoms with Crippen molar-refractivity contribution < 1.29 is 4.74 Å². The maximum atomic E-state index is 5.60. The highest BCUT2D eigenvalue weighted by molar-refractivity contribution is 5.32. The van der Waals surface area contributed by atoms with Gasteiger partial charge in [-0.15, -0.1) is 0 Å². The molecule has 0 radical (unpaired) electrons. The van der Waals surface area contributed by atoms with E-state index in [1.54, 1.807) is 12.4 Å². The van der Waals surface area contributed by atoms with Crippen LogP contribution in [0.2, 0.25) is 0 Å². The Kier molecular flexibility index (Phi) is 3.46. The molecule has 0 aliphatic heterocycles. The first-order valence-corrected chi connectivity index (χ1v) is 5.10. The fraction of sp³-hybridized carbons (Fsp3) is 0.167. The molecule has 0 aliphatic carbocycles. The Morgan fingerprint density at radius 1 is 1.12 bits per heavy atom. The summed E-state index contributed by atoms with van der Waals surface area (Å²) in [6.45, 7) is 0.637. The number of benzene rings is 1. The zero-order chi connectivity index (χ0) is 11.2. The maximum Gasteiger partial charge on any atom is 0.163 e. The Morgan fingerprint density at radius 2 is 1.94 bits per heavy atom. The summed E-state index contributed by atoms with van der Waals surface area (Å²) in [6, 6.07) is 7.85. The first kappa shape index (κ1) is 10.6. The summed E-state index contributed by atoms with van der Waals surface area (Å²) in [5.74, 6) is 1.41. The van der Waals surface area contributed by atoms with Crippen molar-refractivity contribution >= 4 is 0 Å². The standard InChI is InChI=1S/C12H13N3O/c13-5-4-10-2-1-3-11(6-10)16-12-7-14-9-15-8-12/h1-3,6-9H,4-5,13H2. The first-order chi connectivity index (χ1) is 7.88. The maximum absolute atomic E-state index is 5.60. The van der Waals surface area contributed by atoms with Gasteiger partial charge in [-0.1, -0.05) is 12.1 Å². The molecule has 1 heterocycles. The molecule has 0 unspecified atom stereocenters. The number of aromatic nitrogens is 2. The number of rotatable bonds is 4. The molecule has 4 nitrogen and oxygen atoms in total. The van der Waals surface area contributed by atoms with Gasteiger partial charge in [-0.2, -0.15) is 0 Å². The highest BCUT2D eigenvalue weighted by atomic mass is 16.5. The predicted octanol–water partition coefficient (Wildman–Crippen LogP) is 1.77. The van der Waals surface area contributed by atoms with Crippen molar-refractivity contribution in [2.45, 2.75) is 6.42 Å². The normalized spacial score (nSPS) is 10.1. The molecule has 4 heteroatoms. The third-order valence-electron chi connectivity index (χ3n) is 2.10. The topological polar surface area (TPSA) is 61.0 Å². The van der Waals surface area contributed by atoms with Crippen LogP contribution in [0.3, 0.4) is 0 Å². The summed E-state index contributed by atoms with van der Waals surface area (Å²) in [6.07, 6.45) is 5.57. The quantitative estimate of drug-likeness (QED) is 0.844. The minimum absolute atomic E-state index is 0.632. The van der Waals surface area contributed by atoms with E-state index in [1.807, 2.05) is 24.3 Å². The van der Waals surface area contributed by atoms with Gasteiger partial charge < -0.3 is 10.5 Å². The molecule has 2 N–H and O–H groups in total. The van der Waals surface area contributed by atoms with Gasteiger partial charge in [0, 0.05) is 0 Å². The molecule has 0 atom stereocenters. The van der Waals surface area contributed by atoms with E-state index in [0.717, 1.165) is 17.7 Å². The molecule has 16 heavy (non-hydrogen) atoms. The van der Waals surface area contributed by atoms with Crippen molar-refractivity contribution in [2.75, 3.05) is 6.54 Å². The van der Waals surface area contributed by atoms with E-state index in [1.165, 1.54) is 6.33 Å². The summed E-state index contributed by atoms with van der Waals surface area (Å²) in [5.41, 5.74) is 6.67. The largest absolute Gasteiger partial charge is 0.454 e. The molecule has 0 fully saturated rings.